The molecule has 2 unspecified atom stereocenters. The third-order valence-electron chi connectivity index (χ3n) is 8.80. The quantitative estimate of drug-likeness (QED) is 0.225. The van der Waals surface area contributed by atoms with Gasteiger partial charge in [0.1, 0.15) is 0 Å². The molecule has 0 aliphatic heterocycles. The average Bonchev–Trinajstić information content (AvgIpc) is 2.86. The van der Waals surface area contributed by atoms with Crippen LogP contribution in [0.2, 0.25) is 0 Å². The van der Waals surface area contributed by atoms with Crippen molar-refractivity contribution in [3.05, 3.63) is 0 Å². The van der Waals surface area contributed by atoms with Crippen molar-refractivity contribution < 1.29 is 5.11 Å². The number of hydrogen-bond acceptors (Lipinski definition) is 1. The van der Waals surface area contributed by atoms with Gasteiger partial charge >= 0.3 is 0 Å². The summed E-state index contributed by atoms with van der Waals surface area (Å²) in [7, 11) is 0. The molecular formula is C34H68O. The molecule has 0 bridgehead atoms. The highest BCUT2D eigenvalue weighted by Crippen LogP contribution is 2.26. The van der Waals surface area contributed by atoms with Crippen LogP contribution in [0.3, 0.4) is 0 Å². The Morgan fingerprint density at radius 3 is 1.11 bits per heavy atom. The molecule has 1 heteroatoms. The van der Waals surface area contributed by atoms with Crippen LogP contribution < -0.4 is 0 Å². The van der Waals surface area contributed by atoms with E-state index in [1.54, 1.807) is 0 Å². The van der Waals surface area contributed by atoms with E-state index in [9.17, 15) is 5.11 Å². The third kappa shape index (κ3) is 22.9. The predicted octanol–water partition coefficient (Wildman–Crippen LogP) is 12.1. The van der Waals surface area contributed by atoms with Crippen LogP contribution in [0.5, 0.6) is 0 Å². The lowest BCUT2D eigenvalue weighted by molar-refractivity contribution is 0.0829. The Bertz CT molecular complexity index is 392. The Balaban J connectivity index is 2.10. The zero-order valence-electron chi connectivity index (χ0n) is 24.5. The van der Waals surface area contributed by atoms with Gasteiger partial charge in [-0.3, -0.25) is 0 Å². The van der Waals surface area contributed by atoms with Crippen LogP contribution in [-0.4, -0.2) is 11.2 Å². The summed E-state index contributed by atoms with van der Waals surface area (Å²) in [5.41, 5.74) is 0. The highest BCUT2D eigenvalue weighted by molar-refractivity contribution is 4.70. The van der Waals surface area contributed by atoms with Gasteiger partial charge in [-0.25, -0.2) is 0 Å². The maximum Gasteiger partial charge on any atom is 0.0568 e. The molecule has 210 valence electrons. The Labute approximate surface area is 223 Å². The fraction of sp³-hybridized carbons (Fsp3) is 1.00. The predicted molar refractivity (Wildman–Crippen MR) is 158 cm³/mol. The summed E-state index contributed by atoms with van der Waals surface area (Å²) in [5.74, 6) is 0.575. The van der Waals surface area contributed by atoms with E-state index >= 15 is 0 Å². The standard InChI is InChI=1S/C34H68O/c1-2-3-4-5-6-7-8-9-12-15-18-21-24-27-30-33-31-28-25-22-19-16-13-10-11-14-17-20-23-26-29-32-34(33)35/h33-35H,2-32H2,1H3. The maximum absolute atomic E-state index is 11.0. The topological polar surface area (TPSA) is 20.2 Å². The molecule has 0 radical (unpaired) electrons. The Hall–Kier alpha value is -0.0400. The molecular weight excluding hydrogens is 424 g/mol. The monoisotopic (exact) mass is 493 g/mol. The molecule has 0 amide bonds. The molecule has 0 spiro atoms. The minimum Gasteiger partial charge on any atom is -0.393 e. The Kier molecular flexibility index (Phi) is 25.5. The molecule has 35 heavy (non-hydrogen) atoms. The minimum absolute atomic E-state index is 0.0316. The molecule has 1 N–H and O–H groups in total. The summed E-state index contributed by atoms with van der Waals surface area (Å²) in [6.07, 6.45) is 43.3. The molecule has 2 atom stereocenters. The van der Waals surface area contributed by atoms with Gasteiger partial charge in [0.25, 0.3) is 0 Å². The number of hydrogen-bond donors (Lipinski definition) is 1. The van der Waals surface area contributed by atoms with E-state index in [1.807, 2.05) is 0 Å². The van der Waals surface area contributed by atoms with Gasteiger partial charge in [-0.1, -0.05) is 187 Å². The lowest BCUT2D eigenvalue weighted by Crippen LogP contribution is -2.20. The van der Waals surface area contributed by atoms with Crippen molar-refractivity contribution in [2.75, 3.05) is 0 Å². The number of unbranched alkanes of at least 4 members (excludes halogenated alkanes) is 13. The van der Waals surface area contributed by atoms with Crippen LogP contribution in [0.25, 0.3) is 0 Å². The van der Waals surface area contributed by atoms with Crippen molar-refractivity contribution >= 4 is 0 Å². The van der Waals surface area contributed by atoms with Gasteiger partial charge in [0.15, 0.2) is 0 Å². The molecule has 1 nitrogen and oxygen atoms in total. The third-order valence-corrected chi connectivity index (χ3v) is 8.80. The minimum atomic E-state index is -0.0316. The number of aliphatic hydroxyl groups is 1. The fourth-order valence-electron chi connectivity index (χ4n) is 6.25. The van der Waals surface area contributed by atoms with Gasteiger partial charge in [-0.15, -0.1) is 0 Å². The van der Waals surface area contributed by atoms with Crippen LogP contribution >= 0.6 is 0 Å². The van der Waals surface area contributed by atoms with Crippen molar-refractivity contribution in [2.45, 2.75) is 212 Å². The molecule has 1 aliphatic carbocycles. The number of rotatable bonds is 15. The smallest absolute Gasteiger partial charge is 0.0568 e. The highest BCUT2D eigenvalue weighted by Gasteiger charge is 2.18. The van der Waals surface area contributed by atoms with Crippen LogP contribution in [-0.2, 0) is 0 Å². The summed E-state index contributed by atoms with van der Waals surface area (Å²) in [4.78, 5) is 0. The molecule has 1 saturated carbocycles. The van der Waals surface area contributed by atoms with E-state index in [1.165, 1.54) is 193 Å². The van der Waals surface area contributed by atoms with Crippen LogP contribution in [0.4, 0.5) is 0 Å². The summed E-state index contributed by atoms with van der Waals surface area (Å²) in [5, 5.41) is 11.0. The van der Waals surface area contributed by atoms with E-state index in [0.717, 1.165) is 6.42 Å². The lowest BCUT2D eigenvalue weighted by atomic mass is 9.87. The van der Waals surface area contributed by atoms with E-state index < -0.39 is 0 Å². The first-order valence-electron chi connectivity index (χ1n) is 17.0. The van der Waals surface area contributed by atoms with Crippen LogP contribution in [0.15, 0.2) is 0 Å². The molecule has 0 aromatic rings. The average molecular weight is 493 g/mol. The Morgan fingerprint density at radius 2 is 0.714 bits per heavy atom. The summed E-state index contributed by atoms with van der Waals surface area (Å²) in [6, 6.07) is 0. The molecule has 0 saturated heterocycles. The first-order chi connectivity index (χ1) is 17.3. The van der Waals surface area contributed by atoms with Crippen LogP contribution in [0, 0.1) is 5.92 Å². The Morgan fingerprint density at radius 1 is 0.400 bits per heavy atom. The normalized spacial score (nSPS) is 22.5. The second-order valence-corrected chi connectivity index (χ2v) is 12.2. The van der Waals surface area contributed by atoms with Crippen molar-refractivity contribution in [1.82, 2.24) is 0 Å². The van der Waals surface area contributed by atoms with E-state index in [4.69, 9.17) is 0 Å². The lowest BCUT2D eigenvalue weighted by Gasteiger charge is -2.23. The van der Waals surface area contributed by atoms with Crippen molar-refractivity contribution in [3.8, 4) is 0 Å². The molecule has 0 aromatic carbocycles. The van der Waals surface area contributed by atoms with E-state index in [2.05, 4.69) is 6.92 Å². The second-order valence-electron chi connectivity index (χ2n) is 12.2. The largest absolute Gasteiger partial charge is 0.393 e. The SMILES string of the molecule is CCCCCCCCCCCCCCCCC1CCCCCCCCCCCCCCCCC1O. The van der Waals surface area contributed by atoms with Gasteiger partial charge in [0.2, 0.25) is 0 Å². The van der Waals surface area contributed by atoms with Gasteiger partial charge in [-0.2, -0.15) is 0 Å². The van der Waals surface area contributed by atoms with E-state index in [-0.39, 0.29) is 6.10 Å². The maximum atomic E-state index is 11.0. The number of aliphatic hydroxyl groups excluding tert-OH is 1. The first-order valence-corrected chi connectivity index (χ1v) is 17.0. The fourth-order valence-corrected chi connectivity index (χ4v) is 6.25. The second kappa shape index (κ2) is 27.0. The van der Waals surface area contributed by atoms with Crippen molar-refractivity contribution in [2.24, 2.45) is 5.92 Å². The molecule has 0 heterocycles. The zero-order valence-corrected chi connectivity index (χ0v) is 24.5. The first kappa shape index (κ1) is 33.0. The summed E-state index contributed by atoms with van der Waals surface area (Å²) >= 11 is 0. The van der Waals surface area contributed by atoms with Gasteiger partial charge in [0.05, 0.1) is 6.10 Å². The van der Waals surface area contributed by atoms with Crippen molar-refractivity contribution in [3.63, 3.8) is 0 Å². The van der Waals surface area contributed by atoms with Gasteiger partial charge in [-0.05, 0) is 25.2 Å². The summed E-state index contributed by atoms with van der Waals surface area (Å²) in [6.45, 7) is 2.30. The zero-order chi connectivity index (χ0) is 25.1. The van der Waals surface area contributed by atoms with Crippen molar-refractivity contribution in [1.29, 1.82) is 0 Å². The molecule has 1 rings (SSSR count). The molecule has 0 aromatic heterocycles. The highest BCUT2D eigenvalue weighted by atomic mass is 16.3. The van der Waals surface area contributed by atoms with Crippen LogP contribution in [0.1, 0.15) is 206 Å². The van der Waals surface area contributed by atoms with Gasteiger partial charge in [0, 0.05) is 0 Å². The molecule has 1 aliphatic rings. The summed E-state index contributed by atoms with van der Waals surface area (Å²) < 4.78 is 0. The van der Waals surface area contributed by atoms with E-state index in [0.29, 0.717) is 5.92 Å². The molecule has 1 fully saturated rings. The van der Waals surface area contributed by atoms with Gasteiger partial charge < -0.3 is 5.11 Å².